The fraction of sp³-hybridized carbons (Fsp3) is 0.308. The molecule has 0 aliphatic carbocycles. The molecule has 6 nitrogen and oxygen atoms in total. The molecule has 0 bridgehead atoms. The Balaban J connectivity index is 1.85. The lowest BCUT2D eigenvalue weighted by Crippen LogP contribution is -2.15. The minimum atomic E-state index is -0.243. The van der Waals surface area contributed by atoms with Gasteiger partial charge in [0.15, 0.2) is 5.82 Å². The maximum absolute atomic E-state index is 11.5. The van der Waals surface area contributed by atoms with Crippen LogP contribution in [0, 0.1) is 6.92 Å². The van der Waals surface area contributed by atoms with Crippen LogP contribution in [-0.4, -0.2) is 32.7 Å². The summed E-state index contributed by atoms with van der Waals surface area (Å²) in [5.41, 5.74) is 2.06. The average Bonchev–Trinajstić information content (AvgIpc) is 3.00. The fourth-order valence-corrected chi connectivity index (χ4v) is 2.89. The molecule has 20 heavy (non-hydrogen) atoms. The van der Waals surface area contributed by atoms with Gasteiger partial charge in [-0.25, -0.2) is 4.68 Å². The number of esters is 1. The molecule has 0 saturated carbocycles. The highest BCUT2D eigenvalue weighted by molar-refractivity contribution is 8.00. The van der Waals surface area contributed by atoms with E-state index in [2.05, 4.69) is 10.2 Å². The Morgan fingerprint density at radius 3 is 2.75 bits per heavy atom. The van der Waals surface area contributed by atoms with Crippen LogP contribution in [0.1, 0.15) is 12.0 Å². The van der Waals surface area contributed by atoms with Crippen molar-refractivity contribution in [2.24, 2.45) is 0 Å². The number of thioether (sulfide) groups is 1. The van der Waals surface area contributed by atoms with Crippen LogP contribution in [0.5, 0.6) is 0 Å². The number of ether oxygens (including phenoxy) is 1. The standard InChI is InChI=1S/C13H14N4O2S/c1-8-2-4-9(5-3-8)11-15-16-13(17(11)14)20-10-6-7-19-12(10)18/h2-5,10H,6-7,14H2,1H3/t10-/m0/s1. The van der Waals surface area contributed by atoms with Gasteiger partial charge in [0.25, 0.3) is 0 Å². The number of carbonyl (C=O) groups excluding carboxylic acids is 1. The van der Waals surface area contributed by atoms with Gasteiger partial charge in [0.1, 0.15) is 5.25 Å². The first-order chi connectivity index (χ1) is 9.65. The van der Waals surface area contributed by atoms with Crippen molar-refractivity contribution in [2.45, 2.75) is 23.8 Å². The van der Waals surface area contributed by atoms with Gasteiger partial charge in [-0.05, 0) is 6.92 Å². The molecule has 2 heterocycles. The molecule has 1 aromatic heterocycles. The second kappa shape index (κ2) is 5.16. The summed E-state index contributed by atoms with van der Waals surface area (Å²) in [6.07, 6.45) is 0.677. The summed E-state index contributed by atoms with van der Waals surface area (Å²) in [5, 5.41) is 8.43. The Bertz CT molecular complexity index is 638. The largest absolute Gasteiger partial charge is 0.465 e. The minimum absolute atomic E-state index is 0.213. The molecule has 1 aliphatic rings. The molecule has 1 aromatic carbocycles. The fourth-order valence-electron chi connectivity index (χ4n) is 1.97. The van der Waals surface area contributed by atoms with E-state index < -0.39 is 0 Å². The van der Waals surface area contributed by atoms with Crippen LogP contribution in [0.4, 0.5) is 0 Å². The first-order valence-corrected chi connectivity index (χ1v) is 7.14. The molecule has 104 valence electrons. The maximum atomic E-state index is 11.5. The van der Waals surface area contributed by atoms with E-state index in [0.717, 1.165) is 5.56 Å². The first-order valence-electron chi connectivity index (χ1n) is 6.26. The van der Waals surface area contributed by atoms with Gasteiger partial charge in [-0.3, -0.25) is 4.79 Å². The summed E-state index contributed by atoms with van der Waals surface area (Å²) in [5.74, 6) is 6.38. The lowest BCUT2D eigenvalue weighted by atomic mass is 10.1. The third-order valence-electron chi connectivity index (χ3n) is 3.11. The molecule has 1 aliphatic heterocycles. The first kappa shape index (κ1) is 13.0. The number of aromatic nitrogens is 3. The van der Waals surface area contributed by atoms with Gasteiger partial charge in [0, 0.05) is 12.0 Å². The molecule has 1 fully saturated rings. The van der Waals surface area contributed by atoms with E-state index >= 15 is 0 Å². The lowest BCUT2D eigenvalue weighted by Gasteiger charge is -2.06. The van der Waals surface area contributed by atoms with E-state index in [1.54, 1.807) is 0 Å². The number of cyclic esters (lactones) is 1. The van der Waals surface area contributed by atoms with Gasteiger partial charge < -0.3 is 10.6 Å². The van der Waals surface area contributed by atoms with Gasteiger partial charge in [0.05, 0.1) is 6.61 Å². The lowest BCUT2D eigenvalue weighted by molar-refractivity contribution is -0.137. The third-order valence-corrected chi connectivity index (χ3v) is 4.31. The molecule has 0 spiro atoms. The third kappa shape index (κ3) is 2.36. The molecule has 0 amide bonds. The summed E-state index contributed by atoms with van der Waals surface area (Å²) in [4.78, 5) is 11.5. The van der Waals surface area contributed by atoms with E-state index in [0.29, 0.717) is 24.0 Å². The summed E-state index contributed by atoms with van der Waals surface area (Å²) in [6.45, 7) is 2.48. The van der Waals surface area contributed by atoms with Crippen molar-refractivity contribution in [1.82, 2.24) is 14.9 Å². The zero-order valence-electron chi connectivity index (χ0n) is 10.9. The topological polar surface area (TPSA) is 83.0 Å². The predicted molar refractivity (Wildman–Crippen MR) is 75.6 cm³/mol. The molecule has 0 radical (unpaired) electrons. The monoisotopic (exact) mass is 290 g/mol. The highest BCUT2D eigenvalue weighted by Gasteiger charge is 2.29. The Morgan fingerprint density at radius 2 is 2.10 bits per heavy atom. The van der Waals surface area contributed by atoms with E-state index in [1.807, 2.05) is 31.2 Å². The number of carbonyl (C=O) groups is 1. The zero-order chi connectivity index (χ0) is 14.1. The number of benzene rings is 1. The van der Waals surface area contributed by atoms with Crippen LogP contribution in [0.15, 0.2) is 29.4 Å². The summed E-state index contributed by atoms with van der Waals surface area (Å²) < 4.78 is 6.34. The number of aryl methyl sites for hydroxylation is 1. The van der Waals surface area contributed by atoms with Crippen molar-refractivity contribution in [2.75, 3.05) is 12.4 Å². The van der Waals surface area contributed by atoms with Crippen molar-refractivity contribution < 1.29 is 9.53 Å². The van der Waals surface area contributed by atoms with Gasteiger partial charge in [-0.2, -0.15) is 0 Å². The Kier molecular flexibility index (Phi) is 3.35. The molecule has 3 rings (SSSR count). The van der Waals surface area contributed by atoms with Crippen molar-refractivity contribution in [1.29, 1.82) is 0 Å². The molecule has 2 N–H and O–H groups in total. The van der Waals surface area contributed by atoms with E-state index in [9.17, 15) is 4.79 Å². The second-order valence-corrected chi connectivity index (χ2v) is 5.77. The summed E-state index contributed by atoms with van der Waals surface area (Å²) in [7, 11) is 0. The van der Waals surface area contributed by atoms with Crippen LogP contribution in [0.25, 0.3) is 11.4 Å². The van der Waals surface area contributed by atoms with E-state index in [4.69, 9.17) is 10.6 Å². The highest BCUT2D eigenvalue weighted by atomic mass is 32.2. The summed E-state index contributed by atoms with van der Waals surface area (Å²) >= 11 is 1.29. The number of hydrogen-bond donors (Lipinski definition) is 1. The molecule has 0 unspecified atom stereocenters. The number of nitrogens with zero attached hydrogens (tertiary/aromatic N) is 3. The number of hydrogen-bond acceptors (Lipinski definition) is 6. The van der Waals surface area contributed by atoms with Gasteiger partial charge in [0.2, 0.25) is 5.16 Å². The average molecular weight is 290 g/mol. The highest BCUT2D eigenvalue weighted by Crippen LogP contribution is 2.29. The number of rotatable bonds is 3. The molecular formula is C13H14N4O2S. The normalized spacial score (nSPS) is 18.2. The smallest absolute Gasteiger partial charge is 0.319 e. The van der Waals surface area contributed by atoms with Gasteiger partial charge in [-0.15, -0.1) is 10.2 Å². The Hall–Kier alpha value is -2.02. The van der Waals surface area contributed by atoms with E-state index in [-0.39, 0.29) is 11.2 Å². The van der Waals surface area contributed by atoms with E-state index in [1.165, 1.54) is 22.0 Å². The van der Waals surface area contributed by atoms with Crippen molar-refractivity contribution in [3.05, 3.63) is 29.8 Å². The van der Waals surface area contributed by atoms with Crippen LogP contribution in [0.2, 0.25) is 0 Å². The Labute approximate surface area is 120 Å². The Morgan fingerprint density at radius 1 is 1.35 bits per heavy atom. The molecule has 2 aromatic rings. The minimum Gasteiger partial charge on any atom is -0.465 e. The predicted octanol–water partition coefficient (Wildman–Crippen LogP) is 1.37. The molecule has 1 saturated heterocycles. The summed E-state index contributed by atoms with van der Waals surface area (Å²) in [6, 6.07) is 7.87. The van der Waals surface area contributed by atoms with Crippen LogP contribution in [0.3, 0.4) is 0 Å². The number of nitrogens with two attached hydrogens (primary N) is 1. The molecular weight excluding hydrogens is 276 g/mol. The van der Waals surface area contributed by atoms with Crippen LogP contribution < -0.4 is 5.84 Å². The van der Waals surface area contributed by atoms with Crippen LogP contribution in [-0.2, 0) is 9.53 Å². The van der Waals surface area contributed by atoms with Crippen LogP contribution >= 0.6 is 11.8 Å². The maximum Gasteiger partial charge on any atom is 0.319 e. The number of nitrogen functional groups attached to an aromatic ring is 1. The second-order valence-electron chi connectivity index (χ2n) is 4.60. The van der Waals surface area contributed by atoms with Gasteiger partial charge in [-0.1, -0.05) is 41.6 Å². The quantitative estimate of drug-likeness (QED) is 0.679. The SMILES string of the molecule is Cc1ccc(-c2nnc(S[C@H]3CCOC3=O)n2N)cc1. The molecule has 7 heteroatoms. The van der Waals surface area contributed by atoms with Crippen molar-refractivity contribution in [3.8, 4) is 11.4 Å². The zero-order valence-corrected chi connectivity index (χ0v) is 11.8. The van der Waals surface area contributed by atoms with Crippen molar-refractivity contribution >= 4 is 17.7 Å². The molecule has 1 atom stereocenters. The van der Waals surface area contributed by atoms with Crippen molar-refractivity contribution in [3.63, 3.8) is 0 Å². The van der Waals surface area contributed by atoms with Gasteiger partial charge >= 0.3 is 5.97 Å².